The minimum atomic E-state index is -1.29. The maximum atomic E-state index is 13.0. The van der Waals surface area contributed by atoms with Crippen molar-refractivity contribution in [2.45, 2.75) is 64.3 Å². The molecule has 1 aromatic carbocycles. The molecule has 1 heterocycles. The summed E-state index contributed by atoms with van der Waals surface area (Å²) in [5, 5.41) is 11.7. The number of aliphatic carboxylic acids is 1. The van der Waals surface area contributed by atoms with E-state index in [-0.39, 0.29) is 13.2 Å². The number of rotatable bonds is 7. The Morgan fingerprint density at radius 2 is 1.87 bits per heavy atom. The van der Waals surface area contributed by atoms with Crippen LogP contribution >= 0.6 is 0 Å². The molecule has 1 aliphatic heterocycles. The van der Waals surface area contributed by atoms with E-state index in [1.165, 1.54) is 4.90 Å². The number of alkyl carbamates (subject to hydrolysis) is 1. The minimum Gasteiger partial charge on any atom is -0.480 e. The average Bonchev–Trinajstić information content (AvgIpc) is 3.15. The Balaban J connectivity index is 2.07. The SMILES string of the molecule is CC(C)(C)OC(=O)C[C@H](NC(=O)OCc1ccccc1)C(=O)N1CCC[C@@H]1C(=O)O. The smallest absolute Gasteiger partial charge is 0.408 e. The number of carbonyl (C=O) groups excluding carboxylic acids is 3. The number of esters is 1. The van der Waals surface area contributed by atoms with Crippen LogP contribution < -0.4 is 5.32 Å². The third kappa shape index (κ3) is 7.06. The third-order valence-corrected chi connectivity index (χ3v) is 4.41. The van der Waals surface area contributed by atoms with Gasteiger partial charge in [-0.2, -0.15) is 0 Å². The zero-order chi connectivity index (χ0) is 22.3. The lowest BCUT2D eigenvalue weighted by molar-refractivity contribution is -0.157. The van der Waals surface area contributed by atoms with Crippen LogP contribution in [0.1, 0.15) is 45.6 Å². The van der Waals surface area contributed by atoms with E-state index < -0.39 is 48.0 Å². The van der Waals surface area contributed by atoms with E-state index >= 15 is 0 Å². The van der Waals surface area contributed by atoms with Crippen molar-refractivity contribution in [2.24, 2.45) is 0 Å². The molecule has 1 aromatic rings. The zero-order valence-electron chi connectivity index (χ0n) is 17.4. The number of hydrogen-bond donors (Lipinski definition) is 2. The largest absolute Gasteiger partial charge is 0.480 e. The summed E-state index contributed by atoms with van der Waals surface area (Å²) < 4.78 is 10.4. The van der Waals surface area contributed by atoms with Gasteiger partial charge in [0.25, 0.3) is 0 Å². The molecule has 2 atom stereocenters. The monoisotopic (exact) mass is 420 g/mol. The number of carbonyl (C=O) groups is 4. The van der Waals surface area contributed by atoms with E-state index in [2.05, 4.69) is 5.32 Å². The van der Waals surface area contributed by atoms with Crippen LogP contribution in [0.15, 0.2) is 30.3 Å². The summed E-state index contributed by atoms with van der Waals surface area (Å²) >= 11 is 0. The van der Waals surface area contributed by atoms with Crippen LogP contribution in [0.4, 0.5) is 4.79 Å². The van der Waals surface area contributed by atoms with E-state index in [4.69, 9.17) is 9.47 Å². The van der Waals surface area contributed by atoms with E-state index in [0.717, 1.165) is 5.56 Å². The van der Waals surface area contributed by atoms with Gasteiger partial charge in [0.05, 0.1) is 6.42 Å². The lowest BCUT2D eigenvalue weighted by atomic mass is 10.1. The molecular weight excluding hydrogens is 392 g/mol. The van der Waals surface area contributed by atoms with Crippen molar-refractivity contribution in [1.82, 2.24) is 10.2 Å². The molecule has 0 aromatic heterocycles. The van der Waals surface area contributed by atoms with Crippen molar-refractivity contribution in [1.29, 1.82) is 0 Å². The predicted molar refractivity (Wildman–Crippen MR) is 106 cm³/mol. The fourth-order valence-electron chi connectivity index (χ4n) is 3.14. The number of likely N-dealkylation sites (tertiary alicyclic amines) is 1. The second-order valence-corrected chi connectivity index (χ2v) is 8.08. The molecule has 9 nitrogen and oxygen atoms in total. The van der Waals surface area contributed by atoms with E-state index in [0.29, 0.717) is 12.8 Å². The van der Waals surface area contributed by atoms with Crippen molar-refractivity contribution in [3.63, 3.8) is 0 Å². The molecule has 1 saturated heterocycles. The standard InChI is InChI=1S/C21H28N2O7/c1-21(2,3)30-17(24)12-15(18(25)23-11-7-10-16(23)19(26)27)22-20(28)29-13-14-8-5-4-6-9-14/h4-6,8-9,15-16H,7,10-13H2,1-3H3,(H,22,28)(H,26,27)/t15-,16+/m0/s1. The highest BCUT2D eigenvalue weighted by Gasteiger charge is 2.39. The highest BCUT2D eigenvalue weighted by molar-refractivity contribution is 5.92. The predicted octanol–water partition coefficient (Wildman–Crippen LogP) is 2.09. The summed E-state index contributed by atoms with van der Waals surface area (Å²) in [6, 6.07) is 6.70. The lowest BCUT2D eigenvalue weighted by Crippen LogP contribution is -2.52. The maximum absolute atomic E-state index is 13.0. The van der Waals surface area contributed by atoms with Crippen LogP contribution in [0.2, 0.25) is 0 Å². The first-order chi connectivity index (χ1) is 14.1. The van der Waals surface area contributed by atoms with E-state index in [9.17, 15) is 24.3 Å². The van der Waals surface area contributed by atoms with Gasteiger partial charge in [0.1, 0.15) is 24.3 Å². The summed E-state index contributed by atoms with van der Waals surface area (Å²) in [5.41, 5.74) is -0.0106. The number of nitrogens with one attached hydrogen (secondary N) is 1. The topological polar surface area (TPSA) is 122 Å². The number of nitrogens with zero attached hydrogens (tertiary/aromatic N) is 1. The van der Waals surface area contributed by atoms with Crippen molar-refractivity contribution in [2.75, 3.05) is 6.54 Å². The highest BCUT2D eigenvalue weighted by Crippen LogP contribution is 2.20. The fourth-order valence-corrected chi connectivity index (χ4v) is 3.14. The molecule has 2 amide bonds. The van der Waals surface area contributed by atoms with Gasteiger partial charge in [0.2, 0.25) is 5.91 Å². The lowest BCUT2D eigenvalue weighted by Gasteiger charge is -2.27. The van der Waals surface area contributed by atoms with Crippen LogP contribution in [0, 0.1) is 0 Å². The van der Waals surface area contributed by atoms with Crippen LogP contribution in [-0.2, 0) is 30.5 Å². The maximum Gasteiger partial charge on any atom is 0.408 e. The molecule has 0 bridgehead atoms. The molecule has 9 heteroatoms. The number of ether oxygens (including phenoxy) is 2. The van der Waals surface area contributed by atoms with Gasteiger partial charge >= 0.3 is 18.0 Å². The second kappa shape index (κ2) is 10.1. The van der Waals surface area contributed by atoms with E-state index in [1.54, 1.807) is 45.0 Å². The Hall–Kier alpha value is -3.10. The number of carboxylic acids is 1. The molecule has 0 saturated carbocycles. The van der Waals surface area contributed by atoms with Gasteiger partial charge in [0.15, 0.2) is 0 Å². The van der Waals surface area contributed by atoms with Crippen molar-refractivity contribution >= 4 is 23.9 Å². The van der Waals surface area contributed by atoms with Gasteiger partial charge in [-0.05, 0) is 39.2 Å². The zero-order valence-corrected chi connectivity index (χ0v) is 17.4. The average molecular weight is 420 g/mol. The first-order valence-corrected chi connectivity index (χ1v) is 9.79. The Labute approximate surface area is 175 Å². The van der Waals surface area contributed by atoms with Crippen molar-refractivity contribution in [3.8, 4) is 0 Å². The molecule has 30 heavy (non-hydrogen) atoms. The fraction of sp³-hybridized carbons (Fsp3) is 0.524. The normalized spacial score (nSPS) is 17.2. The van der Waals surface area contributed by atoms with E-state index in [1.807, 2.05) is 6.07 Å². The Morgan fingerprint density at radius 3 is 2.47 bits per heavy atom. The number of carboxylic acid groups (broad SMARTS) is 1. The Bertz CT molecular complexity index is 773. The molecule has 2 N–H and O–H groups in total. The first-order valence-electron chi connectivity index (χ1n) is 9.79. The molecule has 1 fully saturated rings. The number of benzene rings is 1. The van der Waals surface area contributed by atoms with Crippen LogP contribution in [0.5, 0.6) is 0 Å². The summed E-state index contributed by atoms with van der Waals surface area (Å²) in [4.78, 5) is 50.1. The van der Waals surface area contributed by atoms with Gasteiger partial charge in [-0.15, -0.1) is 0 Å². The molecule has 164 valence electrons. The number of hydrogen-bond acceptors (Lipinski definition) is 6. The summed E-state index contributed by atoms with van der Waals surface area (Å²) in [7, 11) is 0. The van der Waals surface area contributed by atoms with Crippen molar-refractivity contribution < 1.29 is 33.8 Å². The summed E-state index contributed by atoms with van der Waals surface area (Å²) in [5.74, 6) is -2.46. The van der Waals surface area contributed by atoms with Gasteiger partial charge in [-0.1, -0.05) is 30.3 Å². The van der Waals surface area contributed by atoms with Gasteiger partial charge in [-0.25, -0.2) is 9.59 Å². The van der Waals surface area contributed by atoms with Crippen LogP contribution in [-0.4, -0.2) is 58.2 Å². The molecule has 0 radical (unpaired) electrons. The highest BCUT2D eigenvalue weighted by atomic mass is 16.6. The van der Waals surface area contributed by atoms with Gasteiger partial charge in [0, 0.05) is 6.54 Å². The van der Waals surface area contributed by atoms with Crippen molar-refractivity contribution in [3.05, 3.63) is 35.9 Å². The molecule has 1 aliphatic rings. The first kappa shape index (κ1) is 23.2. The number of amides is 2. The molecular formula is C21H28N2O7. The molecule has 0 unspecified atom stereocenters. The summed E-state index contributed by atoms with van der Waals surface area (Å²) in [6.45, 7) is 5.28. The van der Waals surface area contributed by atoms with Crippen LogP contribution in [0.25, 0.3) is 0 Å². The van der Waals surface area contributed by atoms with Gasteiger partial charge in [-0.3, -0.25) is 9.59 Å². The quantitative estimate of drug-likeness (QED) is 0.648. The summed E-state index contributed by atoms with van der Waals surface area (Å²) in [6.07, 6.45) is -0.468. The molecule has 2 rings (SSSR count). The molecule has 0 spiro atoms. The molecule has 0 aliphatic carbocycles. The third-order valence-electron chi connectivity index (χ3n) is 4.41. The minimum absolute atomic E-state index is 0.0124. The van der Waals surface area contributed by atoms with Crippen LogP contribution in [0.3, 0.4) is 0 Å². The Kier molecular flexibility index (Phi) is 7.79. The van der Waals surface area contributed by atoms with Gasteiger partial charge < -0.3 is 24.8 Å². The Morgan fingerprint density at radius 1 is 1.20 bits per heavy atom. The second-order valence-electron chi connectivity index (χ2n) is 8.08.